The molecule has 27 heavy (non-hydrogen) atoms. The zero-order valence-corrected chi connectivity index (χ0v) is 17.9. The quantitative estimate of drug-likeness (QED) is 0.439. The molecule has 0 atom stereocenters. The molecule has 6 nitrogen and oxygen atoms in total. The maximum absolute atomic E-state index is 12.4. The van der Waals surface area contributed by atoms with Crippen molar-refractivity contribution in [2.45, 2.75) is 30.3 Å². The highest BCUT2D eigenvalue weighted by Gasteiger charge is 2.27. The van der Waals surface area contributed by atoms with Gasteiger partial charge in [0.15, 0.2) is 11.5 Å². The Labute approximate surface area is 162 Å². The van der Waals surface area contributed by atoms with E-state index in [1.165, 1.54) is 19.2 Å². The zero-order chi connectivity index (χ0) is 19.9. The summed E-state index contributed by atoms with van der Waals surface area (Å²) in [6, 6.07) is 14.1. The summed E-state index contributed by atoms with van der Waals surface area (Å²) >= 11 is 0. The molecule has 0 aliphatic heterocycles. The van der Waals surface area contributed by atoms with Crippen LogP contribution in [-0.2, 0) is 25.4 Å². The van der Waals surface area contributed by atoms with E-state index >= 15 is 0 Å². The second-order valence-electron chi connectivity index (χ2n) is 6.23. The Bertz CT molecular complexity index is 835. The van der Waals surface area contributed by atoms with Crippen molar-refractivity contribution in [3.05, 3.63) is 54.1 Å². The number of benzene rings is 2. The van der Waals surface area contributed by atoms with Gasteiger partial charge in [0.05, 0.1) is 7.11 Å². The molecule has 0 saturated heterocycles. The fourth-order valence-corrected chi connectivity index (χ4v) is 4.95. The van der Waals surface area contributed by atoms with Crippen LogP contribution in [0.25, 0.3) is 0 Å². The van der Waals surface area contributed by atoms with Crippen molar-refractivity contribution in [1.82, 2.24) is 0 Å². The van der Waals surface area contributed by atoms with Crippen molar-refractivity contribution in [2.24, 2.45) is 0 Å². The number of aryl methyl sites for hydroxylation is 1. The minimum absolute atomic E-state index is 0.0968. The summed E-state index contributed by atoms with van der Waals surface area (Å²) in [7, 11) is -1.15. The second-order valence-corrected chi connectivity index (χ2v) is 11.4. The molecule has 2 aromatic carbocycles. The van der Waals surface area contributed by atoms with Crippen LogP contribution in [0, 0.1) is 0 Å². The van der Waals surface area contributed by atoms with E-state index in [2.05, 4.69) is 0 Å². The van der Waals surface area contributed by atoms with Crippen molar-refractivity contribution in [3.8, 4) is 11.5 Å². The molecule has 0 fully saturated rings. The lowest BCUT2D eigenvalue weighted by atomic mass is 10.1. The molecule has 0 aliphatic carbocycles. The summed E-state index contributed by atoms with van der Waals surface area (Å²) in [5.41, 5.74) is 1.03. The van der Waals surface area contributed by atoms with Gasteiger partial charge in [0.2, 0.25) is 0 Å². The fourth-order valence-electron chi connectivity index (χ4n) is 2.59. The monoisotopic (exact) mass is 410 g/mol. The van der Waals surface area contributed by atoms with Crippen LogP contribution in [0.2, 0.25) is 12.6 Å². The van der Waals surface area contributed by atoms with Crippen LogP contribution >= 0.6 is 0 Å². The standard InChI is InChI=1S/C19H26O6SSi/c1-22-19-15-16(9-8-14-27(4,23-2)24-3)12-13-18(19)25-26(20,21)17-10-6-5-7-11-17/h5-7,10-13,15H,8-9,14H2,1-4H3. The van der Waals surface area contributed by atoms with Crippen LogP contribution in [-0.4, -0.2) is 38.3 Å². The topological polar surface area (TPSA) is 71.1 Å². The third-order valence-corrected chi connectivity index (χ3v) is 8.66. The minimum Gasteiger partial charge on any atom is -0.493 e. The lowest BCUT2D eigenvalue weighted by molar-refractivity contribution is 0.248. The number of ether oxygens (including phenoxy) is 1. The van der Waals surface area contributed by atoms with Gasteiger partial charge in [-0.25, -0.2) is 0 Å². The van der Waals surface area contributed by atoms with Crippen molar-refractivity contribution >= 4 is 18.7 Å². The molecule has 2 aromatic rings. The molecule has 0 amide bonds. The molecule has 0 N–H and O–H groups in total. The maximum Gasteiger partial charge on any atom is 0.339 e. The summed E-state index contributed by atoms with van der Waals surface area (Å²) in [6.45, 7) is 2.03. The average Bonchev–Trinajstić information content (AvgIpc) is 2.69. The lowest BCUT2D eigenvalue weighted by Gasteiger charge is -2.22. The first-order valence-electron chi connectivity index (χ1n) is 8.60. The van der Waals surface area contributed by atoms with Gasteiger partial charge < -0.3 is 17.8 Å². The van der Waals surface area contributed by atoms with E-state index in [9.17, 15) is 8.42 Å². The van der Waals surface area contributed by atoms with Crippen LogP contribution in [0.5, 0.6) is 11.5 Å². The molecular formula is C19H26O6SSi. The number of hydrogen-bond acceptors (Lipinski definition) is 6. The predicted molar refractivity (Wildman–Crippen MR) is 106 cm³/mol. The number of rotatable bonds is 10. The molecule has 0 bridgehead atoms. The van der Waals surface area contributed by atoms with Crippen molar-refractivity contribution in [1.29, 1.82) is 0 Å². The Morgan fingerprint density at radius 3 is 2.19 bits per heavy atom. The summed E-state index contributed by atoms with van der Waals surface area (Å²) in [4.78, 5) is 0.0968. The van der Waals surface area contributed by atoms with Crippen LogP contribution in [0.15, 0.2) is 53.4 Å². The Balaban J connectivity index is 2.10. The lowest BCUT2D eigenvalue weighted by Crippen LogP contribution is -2.35. The predicted octanol–water partition coefficient (Wildman–Crippen LogP) is 3.76. The number of hydrogen-bond donors (Lipinski definition) is 0. The number of methoxy groups -OCH3 is 1. The molecule has 148 valence electrons. The Hall–Kier alpha value is -1.87. The van der Waals surface area contributed by atoms with Gasteiger partial charge in [-0.05, 0) is 55.3 Å². The normalized spacial score (nSPS) is 12.0. The summed E-state index contributed by atoms with van der Waals surface area (Å²) in [5, 5.41) is 0. The largest absolute Gasteiger partial charge is 0.493 e. The van der Waals surface area contributed by atoms with Crippen molar-refractivity contribution in [3.63, 3.8) is 0 Å². The first-order valence-corrected chi connectivity index (χ1v) is 12.5. The molecule has 0 spiro atoms. The molecule has 0 unspecified atom stereocenters. The van der Waals surface area contributed by atoms with Crippen molar-refractivity contribution in [2.75, 3.05) is 21.3 Å². The SMILES string of the molecule is COc1cc(CCC[Si](C)(OC)OC)ccc1OS(=O)(=O)c1ccccc1. The fraction of sp³-hybridized carbons (Fsp3) is 0.368. The van der Waals surface area contributed by atoms with Gasteiger partial charge in [-0.1, -0.05) is 24.3 Å². The van der Waals surface area contributed by atoms with E-state index in [0.717, 1.165) is 24.4 Å². The van der Waals surface area contributed by atoms with Gasteiger partial charge in [0.25, 0.3) is 0 Å². The molecule has 0 aliphatic rings. The van der Waals surface area contributed by atoms with E-state index in [0.29, 0.717) is 5.75 Å². The third kappa shape index (κ3) is 5.80. The van der Waals surface area contributed by atoms with Crippen LogP contribution in [0.1, 0.15) is 12.0 Å². The second kappa shape index (κ2) is 9.36. The van der Waals surface area contributed by atoms with E-state index in [1.807, 2.05) is 12.6 Å². The smallest absolute Gasteiger partial charge is 0.339 e. The van der Waals surface area contributed by atoms with Gasteiger partial charge in [0.1, 0.15) is 4.90 Å². The van der Waals surface area contributed by atoms with Gasteiger partial charge in [-0.15, -0.1) is 0 Å². The Morgan fingerprint density at radius 2 is 1.59 bits per heavy atom. The van der Waals surface area contributed by atoms with Gasteiger partial charge in [-0.2, -0.15) is 8.42 Å². The summed E-state index contributed by atoms with van der Waals surface area (Å²) < 4.78 is 46.4. The minimum atomic E-state index is -3.91. The van der Waals surface area contributed by atoms with Crippen molar-refractivity contribution < 1.29 is 26.2 Å². The zero-order valence-electron chi connectivity index (χ0n) is 16.1. The summed E-state index contributed by atoms with van der Waals surface area (Å²) in [6.07, 6.45) is 1.70. The maximum atomic E-state index is 12.4. The van der Waals surface area contributed by atoms with Crippen LogP contribution < -0.4 is 8.92 Å². The Kier molecular flexibility index (Phi) is 7.43. The third-order valence-electron chi connectivity index (χ3n) is 4.42. The van der Waals surface area contributed by atoms with Gasteiger partial charge in [0, 0.05) is 14.2 Å². The highest BCUT2D eigenvalue weighted by molar-refractivity contribution is 7.87. The molecule has 2 rings (SSSR count). The van der Waals surface area contributed by atoms with Gasteiger partial charge >= 0.3 is 18.7 Å². The molecule has 0 heterocycles. The van der Waals surface area contributed by atoms with E-state index in [-0.39, 0.29) is 10.6 Å². The first-order chi connectivity index (χ1) is 12.8. The summed E-state index contributed by atoms with van der Waals surface area (Å²) in [5.74, 6) is 0.545. The highest BCUT2D eigenvalue weighted by Crippen LogP contribution is 2.31. The van der Waals surface area contributed by atoms with Crippen LogP contribution in [0.4, 0.5) is 0 Å². The molecule has 0 radical (unpaired) electrons. The van der Waals surface area contributed by atoms with E-state index in [1.54, 1.807) is 44.6 Å². The highest BCUT2D eigenvalue weighted by atomic mass is 32.2. The Morgan fingerprint density at radius 1 is 0.926 bits per heavy atom. The molecule has 0 aromatic heterocycles. The van der Waals surface area contributed by atoms with E-state index < -0.39 is 18.7 Å². The van der Waals surface area contributed by atoms with Gasteiger partial charge in [-0.3, -0.25) is 0 Å². The van der Waals surface area contributed by atoms with Crippen LogP contribution in [0.3, 0.4) is 0 Å². The molecule has 8 heteroatoms. The molecule has 0 saturated carbocycles. The van der Waals surface area contributed by atoms with E-state index in [4.69, 9.17) is 17.8 Å². The molecular weight excluding hydrogens is 384 g/mol. The average molecular weight is 411 g/mol. The first kappa shape index (κ1) is 21.4.